The van der Waals surface area contributed by atoms with E-state index in [1.165, 1.54) is 0 Å². The second-order valence-electron chi connectivity index (χ2n) is 4.99. The molecule has 13 heavy (non-hydrogen) atoms. The second-order valence-corrected chi connectivity index (χ2v) is 4.99. The largest absolute Gasteiger partial charge is 0.243 e. The summed E-state index contributed by atoms with van der Waals surface area (Å²) in [6.07, 6.45) is 0. The molecule has 3 nitrogen and oxygen atoms in total. The van der Waals surface area contributed by atoms with Crippen molar-refractivity contribution in [2.24, 2.45) is 32.5 Å². The van der Waals surface area contributed by atoms with Gasteiger partial charge in [-0.2, -0.15) is 5.11 Å². The molecule has 0 bridgehead atoms. The number of nitrogens with zero attached hydrogens (tertiary/aromatic N) is 3. The summed E-state index contributed by atoms with van der Waals surface area (Å²) in [6, 6.07) is 0. The maximum absolute atomic E-state index is 4.31. The van der Waals surface area contributed by atoms with Gasteiger partial charge in [-0.15, -0.1) is 5.11 Å². The maximum Gasteiger partial charge on any atom is 0.152 e. The van der Waals surface area contributed by atoms with Gasteiger partial charge in [0, 0.05) is 5.92 Å². The highest BCUT2D eigenvalue weighted by Crippen LogP contribution is 2.34. The van der Waals surface area contributed by atoms with E-state index in [1.54, 1.807) is 0 Å². The molecular weight excluding hydrogens is 162 g/mol. The van der Waals surface area contributed by atoms with E-state index in [1.807, 2.05) is 0 Å². The summed E-state index contributed by atoms with van der Waals surface area (Å²) in [5.41, 5.74) is 0.219. The summed E-state index contributed by atoms with van der Waals surface area (Å²) in [7, 11) is 0. The van der Waals surface area contributed by atoms with Crippen LogP contribution >= 0.6 is 0 Å². The van der Waals surface area contributed by atoms with Crippen LogP contribution in [0.3, 0.4) is 0 Å². The van der Waals surface area contributed by atoms with Crippen molar-refractivity contribution in [3.8, 4) is 0 Å². The molecule has 0 spiro atoms. The fraction of sp³-hybridized carbons (Fsp3) is 0.900. The molecule has 0 aromatic heterocycles. The lowest BCUT2D eigenvalue weighted by atomic mass is 9.73. The molecule has 0 radical (unpaired) electrons. The van der Waals surface area contributed by atoms with Crippen LogP contribution in [0.15, 0.2) is 15.2 Å². The van der Waals surface area contributed by atoms with E-state index in [0.29, 0.717) is 18.5 Å². The van der Waals surface area contributed by atoms with E-state index < -0.39 is 0 Å². The Morgan fingerprint density at radius 3 is 2.15 bits per heavy atom. The summed E-state index contributed by atoms with van der Waals surface area (Å²) < 4.78 is 0. The van der Waals surface area contributed by atoms with Crippen molar-refractivity contribution in [3.63, 3.8) is 0 Å². The fourth-order valence-electron chi connectivity index (χ4n) is 2.09. The van der Waals surface area contributed by atoms with Crippen LogP contribution in [0.1, 0.15) is 34.6 Å². The van der Waals surface area contributed by atoms with Gasteiger partial charge in [-0.05, 0) is 11.3 Å². The average molecular weight is 181 g/mol. The van der Waals surface area contributed by atoms with E-state index in [0.717, 1.165) is 5.84 Å². The smallest absolute Gasteiger partial charge is 0.152 e. The highest BCUT2D eigenvalue weighted by Gasteiger charge is 2.33. The molecule has 1 heterocycles. The number of azo groups is 1. The van der Waals surface area contributed by atoms with Gasteiger partial charge < -0.3 is 0 Å². The molecular formula is C10H19N3. The molecule has 1 rings (SSSR count). The molecule has 0 fully saturated rings. The third-order valence-electron chi connectivity index (χ3n) is 2.35. The monoisotopic (exact) mass is 181 g/mol. The number of amidine groups is 1. The van der Waals surface area contributed by atoms with E-state index in [-0.39, 0.29) is 5.41 Å². The predicted octanol–water partition coefficient (Wildman–Crippen LogP) is 3.13. The minimum absolute atomic E-state index is 0.219. The topological polar surface area (TPSA) is 37.1 Å². The van der Waals surface area contributed by atoms with Crippen molar-refractivity contribution < 1.29 is 0 Å². The zero-order valence-electron chi connectivity index (χ0n) is 9.20. The van der Waals surface area contributed by atoms with Crippen LogP contribution in [-0.4, -0.2) is 12.5 Å². The zero-order chi connectivity index (χ0) is 10.1. The van der Waals surface area contributed by atoms with Gasteiger partial charge in [0.15, 0.2) is 12.5 Å². The average Bonchev–Trinajstić information content (AvgIpc) is 2.34. The van der Waals surface area contributed by atoms with Gasteiger partial charge in [0.2, 0.25) is 0 Å². The van der Waals surface area contributed by atoms with Gasteiger partial charge >= 0.3 is 0 Å². The van der Waals surface area contributed by atoms with Crippen LogP contribution in [0.25, 0.3) is 0 Å². The molecule has 1 aliphatic rings. The number of hydrogen-bond donors (Lipinski definition) is 0. The third kappa shape index (κ3) is 2.36. The molecule has 0 aromatic carbocycles. The summed E-state index contributed by atoms with van der Waals surface area (Å²) in [5, 5.41) is 8.00. The van der Waals surface area contributed by atoms with Crippen molar-refractivity contribution in [3.05, 3.63) is 0 Å². The molecule has 1 atom stereocenters. The lowest BCUT2D eigenvalue weighted by Crippen LogP contribution is -2.31. The first-order chi connectivity index (χ1) is 5.93. The molecule has 3 heteroatoms. The van der Waals surface area contributed by atoms with Crippen molar-refractivity contribution in [2.45, 2.75) is 34.6 Å². The van der Waals surface area contributed by atoms with E-state index in [4.69, 9.17) is 0 Å². The highest BCUT2D eigenvalue weighted by atomic mass is 15.3. The molecule has 0 saturated heterocycles. The van der Waals surface area contributed by atoms with Crippen LogP contribution in [-0.2, 0) is 0 Å². The van der Waals surface area contributed by atoms with Crippen LogP contribution in [0.5, 0.6) is 0 Å². The van der Waals surface area contributed by atoms with Gasteiger partial charge in [-0.1, -0.05) is 34.6 Å². The lowest BCUT2D eigenvalue weighted by Gasteiger charge is -2.32. The predicted molar refractivity (Wildman–Crippen MR) is 54.9 cm³/mol. The van der Waals surface area contributed by atoms with Gasteiger partial charge in [0.1, 0.15) is 0 Å². The van der Waals surface area contributed by atoms with Gasteiger partial charge in [-0.25, -0.2) is 4.99 Å². The standard InChI is InChI=1S/C10H19N3/c1-7(2)8(10(3,4)5)9-11-6-12-13-9/h7-8H,6H2,1-5H3. The molecule has 0 aliphatic carbocycles. The number of rotatable bonds is 2. The highest BCUT2D eigenvalue weighted by molar-refractivity contribution is 5.86. The van der Waals surface area contributed by atoms with Crippen molar-refractivity contribution >= 4 is 5.84 Å². The van der Waals surface area contributed by atoms with E-state index in [2.05, 4.69) is 49.8 Å². The van der Waals surface area contributed by atoms with Crippen molar-refractivity contribution in [2.75, 3.05) is 6.67 Å². The van der Waals surface area contributed by atoms with E-state index in [9.17, 15) is 0 Å². The second kappa shape index (κ2) is 3.56. The van der Waals surface area contributed by atoms with Gasteiger partial charge in [0.25, 0.3) is 0 Å². The van der Waals surface area contributed by atoms with Crippen LogP contribution in [0, 0.1) is 17.3 Å². The minimum Gasteiger partial charge on any atom is -0.243 e. The van der Waals surface area contributed by atoms with Crippen LogP contribution < -0.4 is 0 Å². The molecule has 0 amide bonds. The Kier molecular flexibility index (Phi) is 2.84. The Morgan fingerprint density at radius 1 is 1.23 bits per heavy atom. The molecule has 74 valence electrons. The van der Waals surface area contributed by atoms with E-state index >= 15 is 0 Å². The third-order valence-corrected chi connectivity index (χ3v) is 2.35. The number of aliphatic imine (C=N–C) groups is 1. The lowest BCUT2D eigenvalue weighted by molar-refractivity contribution is 0.248. The van der Waals surface area contributed by atoms with Crippen molar-refractivity contribution in [1.82, 2.24) is 0 Å². The quantitative estimate of drug-likeness (QED) is 0.627. The SMILES string of the molecule is CC(C)C(C1=NCN=N1)C(C)(C)C. The fourth-order valence-corrected chi connectivity index (χ4v) is 2.09. The normalized spacial score (nSPS) is 19.4. The molecule has 0 saturated carbocycles. The van der Waals surface area contributed by atoms with Crippen LogP contribution in [0.4, 0.5) is 0 Å². The van der Waals surface area contributed by atoms with Gasteiger partial charge in [0.05, 0.1) is 0 Å². The number of hydrogen-bond acceptors (Lipinski definition) is 3. The Labute approximate surface area is 80.4 Å². The summed E-state index contributed by atoms with van der Waals surface area (Å²) >= 11 is 0. The summed E-state index contributed by atoms with van der Waals surface area (Å²) in [5.74, 6) is 1.91. The zero-order valence-corrected chi connectivity index (χ0v) is 9.20. The molecule has 0 aromatic rings. The first-order valence-corrected chi connectivity index (χ1v) is 4.85. The molecule has 1 unspecified atom stereocenters. The van der Waals surface area contributed by atoms with Crippen molar-refractivity contribution in [1.29, 1.82) is 0 Å². The Hall–Kier alpha value is -0.730. The maximum atomic E-state index is 4.31. The molecule has 1 aliphatic heterocycles. The Morgan fingerprint density at radius 2 is 1.85 bits per heavy atom. The summed E-state index contributed by atoms with van der Waals surface area (Å²) in [6.45, 7) is 11.6. The Bertz CT molecular complexity index is 233. The van der Waals surface area contributed by atoms with Crippen LogP contribution in [0.2, 0.25) is 0 Å². The first kappa shape index (κ1) is 10.4. The summed E-state index contributed by atoms with van der Waals surface area (Å²) in [4.78, 5) is 4.31. The van der Waals surface area contributed by atoms with Gasteiger partial charge in [-0.3, -0.25) is 0 Å². The Balaban J connectivity index is 2.86. The minimum atomic E-state index is 0.219. The molecule has 0 N–H and O–H groups in total. The first-order valence-electron chi connectivity index (χ1n) is 4.85.